The van der Waals surface area contributed by atoms with Crippen LogP contribution in [0, 0.1) is 0 Å². The van der Waals surface area contributed by atoms with Crippen LogP contribution in [0.2, 0.25) is 0 Å². The molecule has 1 heterocycles. The van der Waals surface area contributed by atoms with Gasteiger partial charge in [-0.15, -0.1) is 0 Å². The maximum absolute atomic E-state index is 11.4. The molecule has 1 aliphatic heterocycles. The van der Waals surface area contributed by atoms with E-state index in [1.54, 1.807) is 6.92 Å². The fourth-order valence-corrected chi connectivity index (χ4v) is 2.42. The number of hydrogen-bond donors (Lipinski definition) is 0. The average Bonchev–Trinajstić information content (AvgIpc) is 2.30. The highest BCUT2D eigenvalue weighted by atomic mass is 32.2. The second-order valence-electron chi connectivity index (χ2n) is 3.63. The summed E-state index contributed by atoms with van der Waals surface area (Å²) < 4.78 is 4.73. The van der Waals surface area contributed by atoms with Gasteiger partial charge in [-0.05, 0) is 31.3 Å². The third kappa shape index (κ3) is 4.77. The SMILES string of the molecule is CCOC(=O)/C(=N\OC1CCSCC1)C(C)=O. The standard InChI is InChI=1S/C11H17NO4S/c1-3-15-11(14)10(8(2)13)12-16-9-4-6-17-7-5-9/h9H,3-7H2,1-2H3/b12-10-. The van der Waals surface area contributed by atoms with Gasteiger partial charge in [-0.1, -0.05) is 5.16 Å². The van der Waals surface area contributed by atoms with Crippen molar-refractivity contribution in [1.82, 2.24) is 0 Å². The molecule has 0 N–H and O–H groups in total. The van der Waals surface area contributed by atoms with Crippen LogP contribution in [0.1, 0.15) is 26.7 Å². The molecule has 1 rings (SSSR count). The van der Waals surface area contributed by atoms with Crippen molar-refractivity contribution in [2.45, 2.75) is 32.8 Å². The minimum atomic E-state index is -0.717. The highest BCUT2D eigenvalue weighted by Gasteiger charge is 2.21. The summed E-state index contributed by atoms with van der Waals surface area (Å²) in [6.07, 6.45) is 1.78. The summed E-state index contributed by atoms with van der Waals surface area (Å²) in [5, 5.41) is 3.65. The zero-order valence-electron chi connectivity index (χ0n) is 10.1. The lowest BCUT2D eigenvalue weighted by molar-refractivity contribution is -0.136. The first-order chi connectivity index (χ1) is 8.15. The van der Waals surface area contributed by atoms with Crippen LogP contribution in [0.15, 0.2) is 5.16 Å². The molecule has 6 heteroatoms. The van der Waals surface area contributed by atoms with Crippen molar-refractivity contribution >= 4 is 29.2 Å². The van der Waals surface area contributed by atoms with Gasteiger partial charge in [0.15, 0.2) is 5.78 Å². The minimum absolute atomic E-state index is 0.0000246. The van der Waals surface area contributed by atoms with Crippen molar-refractivity contribution in [3.8, 4) is 0 Å². The van der Waals surface area contributed by atoms with Crippen molar-refractivity contribution in [3.63, 3.8) is 0 Å². The fraction of sp³-hybridized carbons (Fsp3) is 0.727. The number of thioether (sulfide) groups is 1. The molecule has 0 aromatic heterocycles. The molecule has 0 saturated carbocycles. The first-order valence-electron chi connectivity index (χ1n) is 5.64. The number of ketones is 1. The van der Waals surface area contributed by atoms with E-state index in [0.29, 0.717) is 0 Å². The molecule has 5 nitrogen and oxygen atoms in total. The highest BCUT2D eigenvalue weighted by Crippen LogP contribution is 2.19. The second-order valence-corrected chi connectivity index (χ2v) is 4.86. The summed E-state index contributed by atoms with van der Waals surface area (Å²) in [4.78, 5) is 27.8. The number of ether oxygens (including phenoxy) is 1. The predicted octanol–water partition coefficient (Wildman–Crippen LogP) is 1.41. The second kappa shape index (κ2) is 7.32. The number of nitrogens with zero attached hydrogens (tertiary/aromatic N) is 1. The summed E-state index contributed by atoms with van der Waals surface area (Å²) in [6, 6.07) is 0. The predicted molar refractivity (Wildman–Crippen MR) is 66.2 cm³/mol. The number of carbonyl (C=O) groups excluding carboxylic acids is 2. The fourth-order valence-electron chi connectivity index (χ4n) is 1.35. The van der Waals surface area contributed by atoms with E-state index in [-0.39, 0.29) is 18.4 Å². The van der Waals surface area contributed by atoms with E-state index in [2.05, 4.69) is 5.16 Å². The zero-order chi connectivity index (χ0) is 12.7. The van der Waals surface area contributed by atoms with Crippen LogP contribution in [-0.4, -0.2) is 41.7 Å². The zero-order valence-corrected chi connectivity index (χ0v) is 10.9. The molecule has 0 radical (unpaired) electrons. The van der Waals surface area contributed by atoms with E-state index in [0.717, 1.165) is 24.3 Å². The molecular weight excluding hydrogens is 242 g/mol. The molecule has 96 valence electrons. The van der Waals surface area contributed by atoms with Crippen molar-refractivity contribution in [1.29, 1.82) is 0 Å². The van der Waals surface area contributed by atoms with Gasteiger partial charge < -0.3 is 9.57 Å². The number of Topliss-reactive ketones (excluding diaryl/α,β-unsaturated/α-hetero) is 1. The highest BCUT2D eigenvalue weighted by molar-refractivity contribution is 7.99. The van der Waals surface area contributed by atoms with Crippen LogP contribution in [0.25, 0.3) is 0 Å². The number of hydrogen-bond acceptors (Lipinski definition) is 6. The normalized spacial score (nSPS) is 17.6. The Kier molecular flexibility index (Phi) is 6.04. The van der Waals surface area contributed by atoms with E-state index >= 15 is 0 Å². The molecule has 0 aliphatic carbocycles. The summed E-state index contributed by atoms with van der Waals surface area (Å²) in [6.45, 7) is 3.16. The van der Waals surface area contributed by atoms with Crippen LogP contribution < -0.4 is 0 Å². The number of esters is 1. The van der Waals surface area contributed by atoms with Crippen molar-refractivity contribution < 1.29 is 19.2 Å². The van der Waals surface area contributed by atoms with Gasteiger partial charge in [-0.25, -0.2) is 4.79 Å². The van der Waals surface area contributed by atoms with Gasteiger partial charge in [0.1, 0.15) is 6.10 Å². The maximum Gasteiger partial charge on any atom is 0.364 e. The number of oxime groups is 1. The number of rotatable bonds is 5. The van der Waals surface area contributed by atoms with E-state index in [1.165, 1.54) is 6.92 Å². The van der Waals surface area contributed by atoms with Crippen molar-refractivity contribution in [3.05, 3.63) is 0 Å². The third-order valence-corrected chi connectivity index (χ3v) is 3.31. The van der Waals surface area contributed by atoms with Gasteiger partial charge in [0.05, 0.1) is 6.61 Å². The van der Waals surface area contributed by atoms with E-state index in [1.807, 2.05) is 11.8 Å². The molecule has 1 aliphatic rings. The first kappa shape index (κ1) is 14.0. The Morgan fingerprint density at radius 2 is 2.00 bits per heavy atom. The smallest absolute Gasteiger partial charge is 0.364 e. The molecule has 1 saturated heterocycles. The molecule has 0 bridgehead atoms. The minimum Gasteiger partial charge on any atom is -0.461 e. The van der Waals surface area contributed by atoms with Crippen LogP contribution in [0.3, 0.4) is 0 Å². The van der Waals surface area contributed by atoms with Crippen LogP contribution in [-0.2, 0) is 19.2 Å². The van der Waals surface area contributed by atoms with Gasteiger partial charge >= 0.3 is 5.97 Å². The van der Waals surface area contributed by atoms with Crippen molar-refractivity contribution in [2.75, 3.05) is 18.1 Å². The van der Waals surface area contributed by atoms with Gasteiger partial charge in [0.2, 0.25) is 5.71 Å². The van der Waals surface area contributed by atoms with Gasteiger partial charge in [0, 0.05) is 6.92 Å². The van der Waals surface area contributed by atoms with Gasteiger partial charge in [-0.2, -0.15) is 11.8 Å². The van der Waals surface area contributed by atoms with E-state index in [9.17, 15) is 9.59 Å². The summed E-state index contributed by atoms with van der Waals surface area (Å²) in [5.74, 6) is 0.892. The Bertz CT molecular complexity index is 311. The Labute approximate surface area is 105 Å². The van der Waals surface area contributed by atoms with Gasteiger partial charge in [-0.3, -0.25) is 4.79 Å². The largest absolute Gasteiger partial charge is 0.461 e. The van der Waals surface area contributed by atoms with Crippen LogP contribution >= 0.6 is 11.8 Å². The molecule has 1 fully saturated rings. The third-order valence-electron chi connectivity index (χ3n) is 2.26. The van der Waals surface area contributed by atoms with Crippen LogP contribution in [0.4, 0.5) is 0 Å². The summed E-state index contributed by atoms with van der Waals surface area (Å²) in [5.41, 5.74) is -0.259. The lowest BCUT2D eigenvalue weighted by Gasteiger charge is -2.19. The molecule has 0 atom stereocenters. The van der Waals surface area contributed by atoms with E-state index < -0.39 is 11.8 Å². The quantitative estimate of drug-likeness (QED) is 0.323. The first-order valence-corrected chi connectivity index (χ1v) is 6.80. The summed E-state index contributed by atoms with van der Waals surface area (Å²) >= 11 is 1.87. The Morgan fingerprint density at radius 1 is 1.35 bits per heavy atom. The Balaban J connectivity index is 2.56. The molecular formula is C11H17NO4S. The molecule has 0 aromatic rings. The lowest BCUT2D eigenvalue weighted by atomic mass is 10.2. The molecule has 0 amide bonds. The van der Waals surface area contributed by atoms with E-state index in [4.69, 9.17) is 9.57 Å². The number of carbonyl (C=O) groups is 2. The van der Waals surface area contributed by atoms with Crippen LogP contribution in [0.5, 0.6) is 0 Å². The molecule has 0 unspecified atom stereocenters. The molecule has 0 aromatic carbocycles. The average molecular weight is 259 g/mol. The molecule has 0 spiro atoms. The Hall–Kier alpha value is -1.04. The topological polar surface area (TPSA) is 65.0 Å². The Morgan fingerprint density at radius 3 is 2.53 bits per heavy atom. The van der Waals surface area contributed by atoms with Gasteiger partial charge in [0.25, 0.3) is 0 Å². The maximum atomic E-state index is 11.4. The monoisotopic (exact) mass is 259 g/mol. The van der Waals surface area contributed by atoms with Crippen molar-refractivity contribution in [2.24, 2.45) is 5.16 Å². The molecule has 17 heavy (non-hydrogen) atoms. The summed E-state index contributed by atoms with van der Waals surface area (Å²) in [7, 11) is 0. The lowest BCUT2D eigenvalue weighted by Crippen LogP contribution is -2.26.